The molecule has 0 radical (unpaired) electrons. The number of carbonyl (C=O) groups is 1. The number of likely N-dealkylation sites (tertiary alicyclic amines) is 1. The van der Waals surface area contributed by atoms with Gasteiger partial charge in [-0.2, -0.15) is 13.2 Å². The van der Waals surface area contributed by atoms with Crippen LogP contribution in [0.25, 0.3) is 0 Å². The van der Waals surface area contributed by atoms with Crippen LogP contribution in [0.1, 0.15) is 34.3 Å². The number of aliphatic imine (C=N–C) groups is 1. The van der Waals surface area contributed by atoms with Crippen LogP contribution in [0, 0.1) is 5.82 Å². The van der Waals surface area contributed by atoms with E-state index in [-0.39, 0.29) is 34.2 Å². The van der Waals surface area contributed by atoms with E-state index >= 15 is 0 Å². The fraction of sp³-hybridized carbons (Fsp3) is 0.214. The van der Waals surface area contributed by atoms with Gasteiger partial charge in [-0.15, -0.1) is 0 Å². The molecule has 37 heavy (non-hydrogen) atoms. The lowest BCUT2D eigenvalue weighted by Gasteiger charge is -2.25. The van der Waals surface area contributed by atoms with Crippen molar-refractivity contribution in [1.82, 2.24) is 4.90 Å². The summed E-state index contributed by atoms with van der Waals surface area (Å²) in [4.78, 5) is 19.3. The first-order chi connectivity index (χ1) is 17.6. The summed E-state index contributed by atoms with van der Waals surface area (Å²) in [5.74, 6) is -0.525. The molecule has 0 bridgehead atoms. The molecular weight excluding hydrogens is 506 g/mol. The minimum absolute atomic E-state index is 0.0551. The Morgan fingerprint density at radius 3 is 2.35 bits per heavy atom. The summed E-state index contributed by atoms with van der Waals surface area (Å²) in [6, 6.07) is 19.0. The lowest BCUT2D eigenvalue weighted by molar-refractivity contribution is -0.0925. The molecule has 9 heteroatoms. The van der Waals surface area contributed by atoms with Crippen molar-refractivity contribution in [3.8, 4) is 0 Å². The van der Waals surface area contributed by atoms with Gasteiger partial charge in [0.25, 0.3) is 5.91 Å². The number of amides is 1. The molecule has 192 valence electrons. The second-order valence-corrected chi connectivity index (χ2v) is 9.12. The van der Waals surface area contributed by atoms with Gasteiger partial charge in [-0.3, -0.25) is 4.79 Å². The zero-order chi connectivity index (χ0) is 26.6. The van der Waals surface area contributed by atoms with Gasteiger partial charge in [-0.05, 0) is 61.2 Å². The van der Waals surface area contributed by atoms with Crippen LogP contribution in [-0.2, 0) is 6.42 Å². The topological polar surface area (TPSA) is 58.7 Å². The van der Waals surface area contributed by atoms with Gasteiger partial charge in [0.2, 0.25) is 0 Å². The summed E-state index contributed by atoms with van der Waals surface area (Å²) >= 11 is 6.15. The van der Waals surface area contributed by atoms with Crippen LogP contribution < -0.4 is 5.73 Å². The summed E-state index contributed by atoms with van der Waals surface area (Å²) in [6.07, 6.45) is -2.02. The summed E-state index contributed by atoms with van der Waals surface area (Å²) < 4.78 is 53.6. The largest absolute Gasteiger partial charge is 0.430 e. The average Bonchev–Trinajstić information content (AvgIpc) is 3.33. The van der Waals surface area contributed by atoms with Gasteiger partial charge in [-0.25, -0.2) is 9.38 Å². The Morgan fingerprint density at radius 1 is 1.03 bits per heavy atom. The Kier molecular flexibility index (Phi) is 7.97. The van der Waals surface area contributed by atoms with E-state index < -0.39 is 11.9 Å². The van der Waals surface area contributed by atoms with Crippen molar-refractivity contribution in [2.45, 2.75) is 31.5 Å². The summed E-state index contributed by atoms with van der Waals surface area (Å²) in [5.41, 5.74) is 5.42. The molecule has 1 saturated heterocycles. The molecule has 0 aromatic heterocycles. The Bertz CT molecular complexity index is 1340. The minimum Gasteiger partial charge on any atom is -0.395 e. The van der Waals surface area contributed by atoms with Crippen molar-refractivity contribution < 1.29 is 22.4 Å². The number of carbonyl (C=O) groups excluding carboxylic acids is 1. The number of nitrogens with zero attached hydrogens (tertiary/aromatic N) is 2. The van der Waals surface area contributed by atoms with Gasteiger partial charge < -0.3 is 10.6 Å². The lowest BCUT2D eigenvalue weighted by Crippen LogP contribution is -2.37. The molecule has 0 aliphatic carbocycles. The molecule has 0 saturated carbocycles. The Balaban J connectivity index is 1.60. The third kappa shape index (κ3) is 6.38. The standard InChI is InChI=1S/C28H24ClF4N3O/c29-22-8-2-4-10-24(22)35-25(17-26(34)28(31,32)33)18-11-13-19(14-12-18)27(37)36-15-5-7-21(36)16-20-6-1-3-9-23(20)30/h1-4,6,8-14,17,21H,5,7,15-16,34H2/b26-17-,35-25?. The van der Waals surface area contributed by atoms with Crippen molar-refractivity contribution in [1.29, 1.82) is 0 Å². The van der Waals surface area contributed by atoms with Crippen molar-refractivity contribution in [2.75, 3.05) is 6.54 Å². The molecule has 4 nitrogen and oxygen atoms in total. The van der Waals surface area contributed by atoms with E-state index in [1.54, 1.807) is 47.4 Å². The number of nitrogens with two attached hydrogens (primary N) is 1. The maximum atomic E-state index is 14.2. The van der Waals surface area contributed by atoms with E-state index in [1.807, 2.05) is 0 Å². The molecule has 3 aromatic rings. The Hall–Kier alpha value is -3.65. The first-order valence-electron chi connectivity index (χ1n) is 11.7. The smallest absolute Gasteiger partial charge is 0.395 e. The van der Waals surface area contributed by atoms with Crippen LogP contribution in [-0.4, -0.2) is 35.3 Å². The molecule has 0 spiro atoms. The highest BCUT2D eigenvalue weighted by atomic mass is 35.5. The van der Waals surface area contributed by atoms with Gasteiger partial charge in [0.05, 0.1) is 16.4 Å². The Labute approximate surface area is 217 Å². The van der Waals surface area contributed by atoms with E-state index in [1.165, 1.54) is 30.3 Å². The van der Waals surface area contributed by atoms with Crippen LogP contribution >= 0.6 is 11.6 Å². The van der Waals surface area contributed by atoms with Crippen molar-refractivity contribution >= 4 is 28.9 Å². The highest BCUT2D eigenvalue weighted by molar-refractivity contribution is 6.33. The van der Waals surface area contributed by atoms with Crippen LogP contribution in [0.3, 0.4) is 0 Å². The van der Waals surface area contributed by atoms with E-state index in [2.05, 4.69) is 4.99 Å². The first-order valence-corrected chi connectivity index (χ1v) is 12.0. The molecule has 1 aliphatic rings. The van der Waals surface area contributed by atoms with Gasteiger partial charge in [0, 0.05) is 23.7 Å². The van der Waals surface area contributed by atoms with E-state index in [0.29, 0.717) is 29.7 Å². The normalized spacial score (nSPS) is 16.8. The third-order valence-electron chi connectivity index (χ3n) is 6.19. The first kappa shape index (κ1) is 26.4. The molecule has 1 amide bonds. The van der Waals surface area contributed by atoms with Crippen molar-refractivity contribution in [3.05, 3.63) is 112 Å². The number of hydrogen-bond donors (Lipinski definition) is 1. The third-order valence-corrected chi connectivity index (χ3v) is 6.51. The number of allylic oxidation sites excluding steroid dienone is 2. The minimum atomic E-state index is -4.74. The summed E-state index contributed by atoms with van der Waals surface area (Å²) in [6.45, 7) is 0.545. The SMILES string of the molecule is N/C(=C\C(=Nc1ccccc1Cl)c1ccc(C(=O)N2CCCC2Cc2ccccc2F)cc1)C(F)(F)F. The Morgan fingerprint density at radius 2 is 1.68 bits per heavy atom. The monoisotopic (exact) mass is 529 g/mol. The molecule has 1 fully saturated rings. The van der Waals surface area contributed by atoms with Crippen LogP contribution in [0.5, 0.6) is 0 Å². The number of alkyl halides is 3. The summed E-state index contributed by atoms with van der Waals surface area (Å²) in [5, 5.41) is 0.265. The van der Waals surface area contributed by atoms with Crippen LogP contribution in [0.15, 0.2) is 89.6 Å². The second kappa shape index (κ2) is 11.2. The van der Waals surface area contributed by atoms with Gasteiger partial charge in [0.1, 0.15) is 11.5 Å². The molecule has 1 aliphatic heterocycles. The average molecular weight is 530 g/mol. The van der Waals surface area contributed by atoms with Crippen LogP contribution in [0.2, 0.25) is 5.02 Å². The quantitative estimate of drug-likeness (QED) is 0.280. The molecule has 1 unspecified atom stereocenters. The molecule has 4 rings (SSSR count). The molecule has 1 atom stereocenters. The highest BCUT2D eigenvalue weighted by Gasteiger charge is 2.32. The fourth-order valence-electron chi connectivity index (χ4n) is 4.26. The molecule has 3 aromatic carbocycles. The second-order valence-electron chi connectivity index (χ2n) is 8.71. The van der Waals surface area contributed by atoms with E-state index in [9.17, 15) is 22.4 Å². The van der Waals surface area contributed by atoms with Crippen LogP contribution in [0.4, 0.5) is 23.2 Å². The number of halogens is 5. The number of hydrogen-bond acceptors (Lipinski definition) is 3. The fourth-order valence-corrected chi connectivity index (χ4v) is 4.44. The van der Waals surface area contributed by atoms with E-state index in [0.717, 1.165) is 18.9 Å². The number of para-hydroxylation sites is 1. The predicted octanol–water partition coefficient (Wildman–Crippen LogP) is 6.85. The lowest BCUT2D eigenvalue weighted by atomic mass is 10.0. The summed E-state index contributed by atoms with van der Waals surface area (Å²) in [7, 11) is 0. The van der Waals surface area contributed by atoms with Gasteiger partial charge in [-0.1, -0.05) is 54.1 Å². The van der Waals surface area contributed by atoms with Gasteiger partial charge >= 0.3 is 6.18 Å². The maximum Gasteiger partial charge on any atom is 0.430 e. The van der Waals surface area contributed by atoms with Crippen molar-refractivity contribution in [3.63, 3.8) is 0 Å². The molecule has 1 heterocycles. The highest BCUT2D eigenvalue weighted by Crippen LogP contribution is 2.28. The van der Waals surface area contributed by atoms with E-state index in [4.69, 9.17) is 17.3 Å². The molecule has 2 N–H and O–H groups in total. The predicted molar refractivity (Wildman–Crippen MR) is 137 cm³/mol. The maximum absolute atomic E-state index is 14.2. The van der Waals surface area contributed by atoms with Crippen molar-refractivity contribution in [2.24, 2.45) is 10.7 Å². The zero-order valence-electron chi connectivity index (χ0n) is 19.7. The zero-order valence-corrected chi connectivity index (χ0v) is 20.4. The number of rotatable bonds is 6. The number of benzene rings is 3. The molecular formula is C28H24ClF4N3O. The van der Waals surface area contributed by atoms with Gasteiger partial charge in [0.15, 0.2) is 0 Å².